The van der Waals surface area contributed by atoms with Crippen molar-refractivity contribution in [2.24, 2.45) is 11.0 Å². The third-order valence-electron chi connectivity index (χ3n) is 7.49. The van der Waals surface area contributed by atoms with Gasteiger partial charge < -0.3 is 15.0 Å². The second-order valence-corrected chi connectivity index (χ2v) is 11.0. The highest BCUT2D eigenvalue weighted by Gasteiger charge is 2.39. The number of rotatable bonds is 5. The first-order chi connectivity index (χ1) is 14.7. The van der Waals surface area contributed by atoms with Crippen molar-refractivity contribution in [1.29, 1.82) is 0 Å². The first kappa shape index (κ1) is 24.1. The summed E-state index contributed by atoms with van der Waals surface area (Å²) in [6.45, 7) is 12.5. The highest BCUT2D eigenvalue weighted by molar-refractivity contribution is 5.68. The van der Waals surface area contributed by atoms with E-state index >= 15 is 0 Å². The van der Waals surface area contributed by atoms with Crippen molar-refractivity contribution in [3.63, 3.8) is 0 Å². The second kappa shape index (κ2) is 10.4. The summed E-state index contributed by atoms with van der Waals surface area (Å²) in [7, 11) is 0. The Morgan fingerprint density at radius 3 is 2.39 bits per heavy atom. The van der Waals surface area contributed by atoms with E-state index < -0.39 is 5.60 Å². The molecule has 1 N–H and O–H groups in total. The third-order valence-corrected chi connectivity index (χ3v) is 7.49. The maximum Gasteiger partial charge on any atom is 0.410 e. The Hall–Kier alpha value is -1.50. The molecule has 3 fully saturated rings. The van der Waals surface area contributed by atoms with Gasteiger partial charge in [-0.2, -0.15) is 0 Å². The van der Waals surface area contributed by atoms with Gasteiger partial charge in [0.1, 0.15) is 5.60 Å². The molecule has 8 nitrogen and oxygen atoms in total. The number of hydrogen-bond acceptors (Lipinski definition) is 5. The van der Waals surface area contributed by atoms with Gasteiger partial charge in [-0.3, -0.25) is 4.90 Å². The van der Waals surface area contributed by atoms with Crippen LogP contribution in [0.4, 0.5) is 4.79 Å². The largest absolute Gasteiger partial charge is 0.444 e. The number of carbonyl (C=O) groups excluding carboxylic acids is 1. The number of likely N-dealkylation sites (tertiary alicyclic amines) is 2. The Labute approximate surface area is 187 Å². The molecule has 0 spiro atoms. The van der Waals surface area contributed by atoms with Crippen molar-refractivity contribution in [1.82, 2.24) is 15.1 Å². The maximum absolute atomic E-state index is 12.4. The predicted molar refractivity (Wildman–Crippen MR) is 123 cm³/mol. The Bertz CT molecular complexity index is 641. The zero-order chi connectivity index (χ0) is 22.5. The molecule has 2 heterocycles. The van der Waals surface area contributed by atoms with Crippen molar-refractivity contribution < 1.29 is 9.53 Å². The van der Waals surface area contributed by atoms with Crippen molar-refractivity contribution in [2.45, 2.75) is 102 Å². The molecule has 2 atom stereocenters. The summed E-state index contributed by atoms with van der Waals surface area (Å²) < 4.78 is 5.55. The molecule has 31 heavy (non-hydrogen) atoms. The predicted octanol–water partition coefficient (Wildman–Crippen LogP) is 4.70. The summed E-state index contributed by atoms with van der Waals surface area (Å²) in [5.41, 5.74) is 8.41. The minimum atomic E-state index is -0.439. The van der Waals surface area contributed by atoms with Gasteiger partial charge in [0.05, 0.1) is 0 Å². The molecule has 1 saturated carbocycles. The van der Waals surface area contributed by atoms with E-state index in [2.05, 4.69) is 27.2 Å². The molecule has 3 aliphatic rings. The highest BCUT2D eigenvalue weighted by atomic mass is 16.6. The van der Waals surface area contributed by atoms with Crippen LogP contribution in [-0.4, -0.2) is 71.8 Å². The second-order valence-electron chi connectivity index (χ2n) is 11.0. The fourth-order valence-corrected chi connectivity index (χ4v) is 5.49. The molecule has 0 aromatic carbocycles. The van der Waals surface area contributed by atoms with Crippen LogP contribution in [0.25, 0.3) is 10.4 Å². The summed E-state index contributed by atoms with van der Waals surface area (Å²) in [5.74, 6) is 0.484. The highest BCUT2D eigenvalue weighted by Crippen LogP contribution is 2.32. The van der Waals surface area contributed by atoms with E-state index in [-0.39, 0.29) is 11.6 Å². The van der Waals surface area contributed by atoms with Crippen molar-refractivity contribution >= 4 is 6.09 Å². The number of azide groups is 1. The number of hydrogen-bond donors (Lipinski definition) is 1. The van der Waals surface area contributed by atoms with E-state index in [9.17, 15) is 4.79 Å². The lowest BCUT2D eigenvalue weighted by atomic mass is 9.83. The normalized spacial score (nSPS) is 28.1. The van der Waals surface area contributed by atoms with E-state index in [1.165, 1.54) is 25.7 Å². The van der Waals surface area contributed by atoms with E-state index in [1.54, 1.807) is 0 Å². The molecule has 0 radical (unpaired) electrons. The van der Waals surface area contributed by atoms with Gasteiger partial charge in [-0.15, -0.1) is 0 Å². The van der Waals surface area contributed by atoms with Crippen molar-refractivity contribution in [3.8, 4) is 0 Å². The summed E-state index contributed by atoms with van der Waals surface area (Å²) in [4.78, 5) is 19.9. The lowest BCUT2D eigenvalue weighted by molar-refractivity contribution is -0.00930. The Morgan fingerprint density at radius 2 is 1.77 bits per heavy atom. The average molecular weight is 435 g/mol. The van der Waals surface area contributed by atoms with Crippen LogP contribution in [-0.2, 0) is 4.74 Å². The lowest BCUT2D eigenvalue weighted by Gasteiger charge is -2.49. The van der Waals surface area contributed by atoms with Crippen LogP contribution in [0.2, 0.25) is 0 Å². The van der Waals surface area contributed by atoms with E-state index in [0.717, 1.165) is 51.9 Å². The van der Waals surface area contributed by atoms with Crippen LogP contribution < -0.4 is 5.32 Å². The summed E-state index contributed by atoms with van der Waals surface area (Å²) in [5, 5.41) is 7.77. The number of piperidine rings is 2. The summed E-state index contributed by atoms with van der Waals surface area (Å²) in [6.07, 6.45) is 9.04. The zero-order valence-electron chi connectivity index (χ0n) is 20.0. The third kappa shape index (κ3) is 6.74. The molecule has 2 aliphatic heterocycles. The molecule has 1 amide bonds. The molecular weight excluding hydrogens is 392 g/mol. The van der Waals surface area contributed by atoms with Gasteiger partial charge in [0.15, 0.2) is 0 Å². The average Bonchev–Trinajstić information content (AvgIpc) is 2.73. The monoisotopic (exact) mass is 434 g/mol. The van der Waals surface area contributed by atoms with Crippen molar-refractivity contribution in [3.05, 3.63) is 10.4 Å². The SMILES string of the molecule is CC(C)(C)OC(=O)N1CCC(C)(N2CCC(N[C@H]3CCCC[C@@H]3CN=[N+]=[N-])CC2)CC1. The zero-order valence-corrected chi connectivity index (χ0v) is 20.0. The van der Waals surface area contributed by atoms with Gasteiger partial charge in [-0.1, -0.05) is 18.0 Å². The molecule has 0 aromatic rings. The summed E-state index contributed by atoms with van der Waals surface area (Å²) >= 11 is 0. The van der Waals surface area contributed by atoms with Gasteiger partial charge in [0.25, 0.3) is 0 Å². The Kier molecular flexibility index (Phi) is 8.11. The molecule has 2 saturated heterocycles. The molecule has 0 bridgehead atoms. The number of amides is 1. The van der Waals surface area contributed by atoms with Gasteiger partial charge in [-0.25, -0.2) is 4.79 Å². The quantitative estimate of drug-likeness (QED) is 0.385. The molecule has 1 aliphatic carbocycles. The van der Waals surface area contributed by atoms with E-state index in [0.29, 0.717) is 24.5 Å². The van der Waals surface area contributed by atoms with Crippen LogP contribution in [0.1, 0.15) is 79.1 Å². The van der Waals surface area contributed by atoms with Crippen LogP contribution in [0, 0.1) is 5.92 Å². The molecule has 0 unspecified atom stereocenters. The Morgan fingerprint density at radius 1 is 1.13 bits per heavy atom. The number of carbonyl (C=O) groups is 1. The summed E-state index contributed by atoms with van der Waals surface area (Å²) in [6, 6.07) is 1.04. The fraction of sp³-hybridized carbons (Fsp3) is 0.957. The molecule has 0 aromatic heterocycles. The number of ether oxygens (including phenoxy) is 1. The minimum absolute atomic E-state index is 0.165. The molecular formula is C23H42N6O2. The van der Waals surface area contributed by atoms with Gasteiger partial charge in [-0.05, 0) is 77.7 Å². The Balaban J connectivity index is 1.45. The van der Waals surface area contributed by atoms with Crippen LogP contribution in [0.5, 0.6) is 0 Å². The van der Waals surface area contributed by atoms with Gasteiger partial charge in [0, 0.05) is 55.3 Å². The standard InChI is InChI=1S/C23H42N6O2/c1-22(2,3)31-21(30)28-15-11-23(4,12-16-28)29-13-9-19(10-14-29)26-20-8-6-5-7-18(20)17-25-27-24/h18-20,26H,5-17H2,1-4H3/t18-,20+/m1/s1. The molecule has 8 heteroatoms. The van der Waals surface area contributed by atoms with E-state index in [1.807, 2.05) is 25.7 Å². The van der Waals surface area contributed by atoms with Crippen LogP contribution in [0.15, 0.2) is 5.11 Å². The first-order valence-electron chi connectivity index (χ1n) is 12.2. The smallest absolute Gasteiger partial charge is 0.410 e. The molecule has 176 valence electrons. The van der Waals surface area contributed by atoms with Gasteiger partial charge >= 0.3 is 6.09 Å². The molecule has 3 rings (SSSR count). The fourth-order valence-electron chi connectivity index (χ4n) is 5.49. The first-order valence-corrected chi connectivity index (χ1v) is 12.2. The van der Waals surface area contributed by atoms with E-state index in [4.69, 9.17) is 10.3 Å². The van der Waals surface area contributed by atoms with Crippen LogP contribution >= 0.6 is 0 Å². The number of nitrogens with zero attached hydrogens (tertiary/aromatic N) is 5. The number of nitrogens with one attached hydrogen (secondary N) is 1. The maximum atomic E-state index is 12.4. The van der Waals surface area contributed by atoms with Crippen molar-refractivity contribution in [2.75, 3.05) is 32.7 Å². The van der Waals surface area contributed by atoms with Gasteiger partial charge in [0.2, 0.25) is 0 Å². The minimum Gasteiger partial charge on any atom is -0.444 e. The topological polar surface area (TPSA) is 93.6 Å². The van der Waals surface area contributed by atoms with Crippen LogP contribution in [0.3, 0.4) is 0 Å². The lowest BCUT2D eigenvalue weighted by Crippen LogP contribution is -2.58.